The van der Waals surface area contributed by atoms with Gasteiger partial charge in [0, 0.05) is 12.5 Å². The Morgan fingerprint density at radius 2 is 1.56 bits per heavy atom. The maximum Gasteiger partial charge on any atom is 0.408 e. The van der Waals surface area contributed by atoms with Crippen LogP contribution in [0.1, 0.15) is 24.1 Å². The van der Waals surface area contributed by atoms with Crippen molar-refractivity contribution < 1.29 is 18.0 Å². The molecule has 0 heterocycles. The molecule has 3 nitrogen and oxygen atoms in total. The second-order valence-corrected chi connectivity index (χ2v) is 6.02. The van der Waals surface area contributed by atoms with Gasteiger partial charge in [0.05, 0.1) is 5.92 Å². The summed E-state index contributed by atoms with van der Waals surface area (Å²) in [7, 11) is 0. The first-order valence-electron chi connectivity index (χ1n) is 8.00. The number of hydrogen-bond donors (Lipinski definition) is 2. The molecule has 2 rings (SSSR count). The molecule has 25 heavy (non-hydrogen) atoms. The van der Waals surface area contributed by atoms with E-state index >= 15 is 0 Å². The van der Waals surface area contributed by atoms with Crippen LogP contribution in [0.25, 0.3) is 0 Å². The van der Waals surface area contributed by atoms with Gasteiger partial charge in [0.25, 0.3) is 0 Å². The highest BCUT2D eigenvalue weighted by Crippen LogP contribution is 2.25. The molecule has 0 saturated carbocycles. The van der Waals surface area contributed by atoms with E-state index < -0.39 is 30.1 Å². The summed E-state index contributed by atoms with van der Waals surface area (Å²) in [6.45, 7) is 1.53. The van der Waals surface area contributed by atoms with Gasteiger partial charge in [-0.1, -0.05) is 67.6 Å². The van der Waals surface area contributed by atoms with Crippen LogP contribution in [-0.4, -0.2) is 18.1 Å². The minimum Gasteiger partial charge on any atom is -0.344 e. The highest BCUT2D eigenvalue weighted by molar-refractivity contribution is 5.79. The normalized spacial score (nSPS) is 15.2. The fourth-order valence-electron chi connectivity index (χ4n) is 2.53. The molecule has 0 aromatic heterocycles. The molecular weight excluding hydrogens is 329 g/mol. The van der Waals surface area contributed by atoms with Gasteiger partial charge in [-0.05, 0) is 11.1 Å². The predicted molar refractivity (Wildman–Crippen MR) is 90.7 cm³/mol. The SMILES string of the molecule is CC(C(=O)NC(Cc1ccccc1)C(F)(F)F)C(N)c1ccccc1. The first kappa shape index (κ1) is 19.0. The summed E-state index contributed by atoms with van der Waals surface area (Å²) >= 11 is 0. The minimum atomic E-state index is -4.54. The Kier molecular flexibility index (Phi) is 6.20. The Balaban J connectivity index is 2.08. The van der Waals surface area contributed by atoms with Crippen LogP contribution < -0.4 is 11.1 Å². The fraction of sp³-hybridized carbons (Fsp3) is 0.316. The van der Waals surface area contributed by atoms with Crippen LogP contribution in [0.3, 0.4) is 0 Å². The molecule has 2 aromatic carbocycles. The Morgan fingerprint density at radius 1 is 1.04 bits per heavy atom. The molecular formula is C19H21F3N2O. The monoisotopic (exact) mass is 350 g/mol. The molecule has 134 valence electrons. The van der Waals surface area contributed by atoms with Crippen LogP contribution in [0, 0.1) is 5.92 Å². The Morgan fingerprint density at radius 3 is 2.08 bits per heavy atom. The van der Waals surface area contributed by atoms with E-state index in [1.165, 1.54) is 6.92 Å². The summed E-state index contributed by atoms with van der Waals surface area (Å²) in [5.41, 5.74) is 7.24. The summed E-state index contributed by atoms with van der Waals surface area (Å²) in [5.74, 6) is -1.50. The van der Waals surface area contributed by atoms with Crippen LogP contribution >= 0.6 is 0 Å². The van der Waals surface area contributed by atoms with Crippen molar-refractivity contribution in [2.45, 2.75) is 31.6 Å². The molecule has 3 unspecified atom stereocenters. The van der Waals surface area contributed by atoms with Crippen molar-refractivity contribution in [1.82, 2.24) is 5.32 Å². The molecule has 3 N–H and O–H groups in total. The van der Waals surface area contributed by atoms with Gasteiger partial charge >= 0.3 is 6.18 Å². The first-order chi connectivity index (χ1) is 11.8. The average molecular weight is 350 g/mol. The number of nitrogens with two attached hydrogens (primary N) is 1. The van der Waals surface area contributed by atoms with Gasteiger partial charge in [-0.25, -0.2) is 0 Å². The van der Waals surface area contributed by atoms with Crippen LogP contribution in [0.4, 0.5) is 13.2 Å². The van der Waals surface area contributed by atoms with Crippen LogP contribution in [0.15, 0.2) is 60.7 Å². The standard InChI is InChI=1S/C19H21F3N2O/c1-13(17(23)15-10-6-3-7-11-15)18(25)24-16(19(20,21)22)12-14-8-4-2-5-9-14/h2-11,13,16-17H,12,23H2,1H3,(H,24,25). The second kappa shape index (κ2) is 8.16. The fourth-order valence-corrected chi connectivity index (χ4v) is 2.53. The molecule has 2 aromatic rings. The second-order valence-electron chi connectivity index (χ2n) is 6.02. The molecule has 1 amide bonds. The molecule has 0 aliphatic heterocycles. The summed E-state index contributed by atoms with van der Waals surface area (Å²) in [6, 6.07) is 14.5. The van der Waals surface area contributed by atoms with E-state index in [0.29, 0.717) is 11.1 Å². The lowest BCUT2D eigenvalue weighted by Crippen LogP contribution is -2.49. The summed E-state index contributed by atoms with van der Waals surface area (Å²) < 4.78 is 39.9. The number of halogens is 3. The Hall–Kier alpha value is -2.34. The lowest BCUT2D eigenvalue weighted by molar-refractivity contribution is -0.162. The van der Waals surface area contributed by atoms with E-state index in [9.17, 15) is 18.0 Å². The molecule has 0 fully saturated rings. The third-order valence-electron chi connectivity index (χ3n) is 4.13. The molecule has 0 saturated heterocycles. The zero-order chi connectivity index (χ0) is 18.4. The smallest absolute Gasteiger partial charge is 0.344 e. The number of rotatable bonds is 6. The van der Waals surface area contributed by atoms with Crippen molar-refractivity contribution in [3.05, 3.63) is 71.8 Å². The van der Waals surface area contributed by atoms with Gasteiger partial charge in [0.1, 0.15) is 6.04 Å². The van der Waals surface area contributed by atoms with Crippen molar-refractivity contribution in [1.29, 1.82) is 0 Å². The molecule has 6 heteroatoms. The third-order valence-corrected chi connectivity index (χ3v) is 4.13. The van der Waals surface area contributed by atoms with Crippen molar-refractivity contribution in [2.24, 2.45) is 11.7 Å². The quantitative estimate of drug-likeness (QED) is 0.836. The largest absolute Gasteiger partial charge is 0.408 e. The van der Waals surface area contributed by atoms with Crippen molar-refractivity contribution >= 4 is 5.91 Å². The van der Waals surface area contributed by atoms with Gasteiger partial charge in [-0.2, -0.15) is 13.2 Å². The molecule has 0 aliphatic carbocycles. The maximum atomic E-state index is 13.3. The molecule has 0 bridgehead atoms. The maximum absolute atomic E-state index is 13.3. The van der Waals surface area contributed by atoms with E-state index in [2.05, 4.69) is 5.32 Å². The summed E-state index contributed by atoms with van der Waals surface area (Å²) in [6.07, 6.45) is -4.86. The van der Waals surface area contributed by atoms with Gasteiger partial charge in [-0.15, -0.1) is 0 Å². The summed E-state index contributed by atoms with van der Waals surface area (Å²) in [5, 5.41) is 2.11. The topological polar surface area (TPSA) is 55.1 Å². The molecule has 0 spiro atoms. The number of carbonyl (C=O) groups is 1. The number of carbonyl (C=O) groups excluding carboxylic acids is 1. The van der Waals surface area contributed by atoms with E-state index in [1.807, 2.05) is 0 Å². The van der Waals surface area contributed by atoms with Gasteiger partial charge in [0.2, 0.25) is 5.91 Å². The lowest BCUT2D eigenvalue weighted by atomic mass is 9.94. The van der Waals surface area contributed by atoms with Crippen LogP contribution in [0.2, 0.25) is 0 Å². The minimum absolute atomic E-state index is 0.316. The zero-order valence-electron chi connectivity index (χ0n) is 13.8. The summed E-state index contributed by atoms with van der Waals surface area (Å²) in [4.78, 5) is 12.3. The number of benzene rings is 2. The average Bonchev–Trinajstić information content (AvgIpc) is 2.60. The number of nitrogens with one attached hydrogen (secondary N) is 1. The zero-order valence-corrected chi connectivity index (χ0v) is 13.8. The highest BCUT2D eigenvalue weighted by Gasteiger charge is 2.41. The highest BCUT2D eigenvalue weighted by atomic mass is 19.4. The van der Waals surface area contributed by atoms with Gasteiger partial charge in [0.15, 0.2) is 0 Å². The van der Waals surface area contributed by atoms with Crippen molar-refractivity contribution in [2.75, 3.05) is 0 Å². The van der Waals surface area contributed by atoms with Crippen molar-refractivity contribution in [3.63, 3.8) is 0 Å². The van der Waals surface area contributed by atoms with E-state index in [-0.39, 0.29) is 6.42 Å². The predicted octanol–water partition coefficient (Wildman–Crippen LogP) is 3.61. The van der Waals surface area contributed by atoms with Crippen LogP contribution in [-0.2, 0) is 11.2 Å². The molecule has 3 atom stereocenters. The number of amides is 1. The van der Waals surface area contributed by atoms with Gasteiger partial charge in [-0.3, -0.25) is 4.79 Å². The van der Waals surface area contributed by atoms with E-state index in [4.69, 9.17) is 5.73 Å². The molecule has 0 aliphatic rings. The Bertz CT molecular complexity index is 674. The third kappa shape index (κ3) is 5.32. The molecule has 0 radical (unpaired) electrons. The number of hydrogen-bond acceptors (Lipinski definition) is 2. The first-order valence-corrected chi connectivity index (χ1v) is 8.00. The van der Waals surface area contributed by atoms with E-state index in [1.54, 1.807) is 60.7 Å². The van der Waals surface area contributed by atoms with Crippen LogP contribution in [0.5, 0.6) is 0 Å². The lowest BCUT2D eigenvalue weighted by Gasteiger charge is -2.26. The Labute approximate surface area is 145 Å². The van der Waals surface area contributed by atoms with Crippen molar-refractivity contribution in [3.8, 4) is 0 Å². The number of alkyl halides is 3. The van der Waals surface area contributed by atoms with Gasteiger partial charge < -0.3 is 11.1 Å². The van der Waals surface area contributed by atoms with E-state index in [0.717, 1.165) is 0 Å².